The number of aliphatic hydroxyl groups is 1. The van der Waals surface area contributed by atoms with Crippen LogP contribution in [0.5, 0.6) is 0 Å². The summed E-state index contributed by atoms with van der Waals surface area (Å²) in [5.41, 5.74) is 13.1. The first-order valence-electron chi connectivity index (χ1n) is 14.3. The Bertz CT molecular complexity index is 1910. The molecule has 3 aromatic rings. The number of allylic oxidation sites excluding steroid dienone is 3. The van der Waals surface area contributed by atoms with Crippen LogP contribution in [-0.4, -0.2) is 53.8 Å². The standard InChI is InChI=1S/C34H36N4O5/c1-6-21-27-13-17(2)25(35-27)15-26-19(4)22(7-9-31(40)41)29(36-26)16-30-23(8-10-32(42)43)20(5)34(38-30)24(11-12-39)28-14-18(3)33(21)37-28/h6,13-16,35-36,39H,1,7-12H2,2-5H3,(H,40,41)(H,42,43). The number of fused-ring (bicyclic) bond motifs is 8. The van der Waals surface area contributed by atoms with E-state index >= 15 is 0 Å². The number of aryl methyl sites for hydroxylation is 3. The smallest absolute Gasteiger partial charge is 0.303 e. The molecule has 0 atom stereocenters. The SMILES string of the molecule is C=Cc1c2nc(c(CCO)c3nc(cc4[nH]c(cc5[nH]c1cc5C)c(C)c4CCC(=O)O)C(CCC(=O)O)=C3C)C=C2C. The molecule has 2 aliphatic rings. The van der Waals surface area contributed by atoms with E-state index in [4.69, 9.17) is 9.97 Å². The Morgan fingerprint density at radius 3 is 2.21 bits per heavy atom. The summed E-state index contributed by atoms with van der Waals surface area (Å²) in [6.07, 6.45) is 4.57. The molecule has 3 aromatic heterocycles. The number of hydrogen-bond donors (Lipinski definition) is 5. The maximum absolute atomic E-state index is 11.6. The molecule has 43 heavy (non-hydrogen) atoms. The molecule has 5 N–H and O–H groups in total. The summed E-state index contributed by atoms with van der Waals surface area (Å²) in [5.74, 6) is -1.80. The number of nitrogens with one attached hydrogen (secondary N) is 2. The fraction of sp³-hybridized carbons (Fsp3) is 0.294. The Balaban J connectivity index is 1.98. The summed E-state index contributed by atoms with van der Waals surface area (Å²) in [5, 5.41) is 29.1. The molecule has 8 bridgehead atoms. The van der Waals surface area contributed by atoms with Crippen LogP contribution in [0.25, 0.3) is 50.9 Å². The lowest BCUT2D eigenvalue weighted by molar-refractivity contribution is -0.137. The van der Waals surface area contributed by atoms with Crippen molar-refractivity contribution in [3.8, 4) is 0 Å². The second-order valence-electron chi connectivity index (χ2n) is 11.1. The third-order valence-corrected chi connectivity index (χ3v) is 8.27. The minimum Gasteiger partial charge on any atom is -0.481 e. The van der Waals surface area contributed by atoms with Gasteiger partial charge in [0.25, 0.3) is 0 Å². The molecule has 0 saturated carbocycles. The molecule has 5 heterocycles. The molecule has 5 rings (SSSR count). The summed E-state index contributed by atoms with van der Waals surface area (Å²) in [7, 11) is 0. The van der Waals surface area contributed by atoms with E-state index in [0.29, 0.717) is 29.9 Å². The van der Waals surface area contributed by atoms with Gasteiger partial charge in [0, 0.05) is 52.6 Å². The van der Waals surface area contributed by atoms with Gasteiger partial charge in [-0.2, -0.15) is 0 Å². The summed E-state index contributed by atoms with van der Waals surface area (Å²) in [6.45, 7) is 11.9. The number of rotatable bonds is 9. The summed E-state index contributed by atoms with van der Waals surface area (Å²) in [6, 6.07) is 5.98. The van der Waals surface area contributed by atoms with Gasteiger partial charge in [-0.25, -0.2) is 9.97 Å². The molecule has 222 valence electrons. The van der Waals surface area contributed by atoms with Crippen LogP contribution in [0.2, 0.25) is 0 Å². The lowest BCUT2D eigenvalue weighted by atomic mass is 9.97. The molecule has 2 aliphatic heterocycles. The number of aromatic nitrogens is 4. The predicted molar refractivity (Wildman–Crippen MR) is 170 cm³/mol. The van der Waals surface area contributed by atoms with Gasteiger partial charge in [-0.05, 0) is 105 Å². The van der Waals surface area contributed by atoms with Gasteiger partial charge in [0.1, 0.15) is 0 Å². The molecule has 0 spiro atoms. The predicted octanol–water partition coefficient (Wildman–Crippen LogP) is 6.48. The molecule has 0 radical (unpaired) electrons. The molecule has 0 unspecified atom stereocenters. The minimum absolute atomic E-state index is 0.0363. The molecule has 0 aliphatic carbocycles. The van der Waals surface area contributed by atoms with E-state index in [2.05, 4.69) is 22.6 Å². The van der Waals surface area contributed by atoms with Gasteiger partial charge >= 0.3 is 11.9 Å². The van der Waals surface area contributed by atoms with Gasteiger partial charge in [0.15, 0.2) is 0 Å². The number of carboxylic acids is 2. The number of carboxylic acid groups (broad SMARTS) is 2. The first kappa shape index (κ1) is 29.7. The number of aliphatic hydroxyl groups excluding tert-OH is 1. The zero-order valence-electron chi connectivity index (χ0n) is 24.9. The number of carbonyl (C=O) groups is 2. The van der Waals surface area contributed by atoms with Crippen LogP contribution in [0.3, 0.4) is 0 Å². The summed E-state index contributed by atoms with van der Waals surface area (Å²) < 4.78 is 0. The Kier molecular flexibility index (Phi) is 8.19. The zero-order chi connectivity index (χ0) is 31.0. The third kappa shape index (κ3) is 5.68. The lowest BCUT2D eigenvalue weighted by Gasteiger charge is -2.06. The van der Waals surface area contributed by atoms with Gasteiger partial charge < -0.3 is 25.3 Å². The van der Waals surface area contributed by atoms with Crippen LogP contribution >= 0.6 is 0 Å². The van der Waals surface area contributed by atoms with Gasteiger partial charge in [-0.1, -0.05) is 12.7 Å². The van der Waals surface area contributed by atoms with Crippen LogP contribution in [0.15, 0.2) is 24.8 Å². The van der Waals surface area contributed by atoms with Crippen LogP contribution in [-0.2, 0) is 22.4 Å². The van der Waals surface area contributed by atoms with Crippen molar-refractivity contribution in [3.05, 3.63) is 75.4 Å². The highest BCUT2D eigenvalue weighted by Gasteiger charge is 2.24. The van der Waals surface area contributed by atoms with E-state index in [-0.39, 0.29) is 25.9 Å². The average Bonchev–Trinajstić information content (AvgIpc) is 3.66. The van der Waals surface area contributed by atoms with Crippen LogP contribution in [0.4, 0.5) is 0 Å². The number of hydrogen-bond acceptors (Lipinski definition) is 5. The van der Waals surface area contributed by atoms with Gasteiger partial charge in [0.05, 0.1) is 22.8 Å². The maximum Gasteiger partial charge on any atom is 0.303 e. The van der Waals surface area contributed by atoms with E-state index < -0.39 is 11.9 Å². The number of nitrogens with zero attached hydrogens (tertiary/aromatic N) is 2. The van der Waals surface area contributed by atoms with Crippen molar-refractivity contribution in [1.29, 1.82) is 0 Å². The highest BCUT2D eigenvalue weighted by Crippen LogP contribution is 2.38. The van der Waals surface area contributed by atoms with Crippen molar-refractivity contribution in [2.75, 3.05) is 6.61 Å². The van der Waals surface area contributed by atoms with E-state index in [0.717, 1.165) is 72.3 Å². The monoisotopic (exact) mass is 580 g/mol. The minimum atomic E-state index is -0.910. The Morgan fingerprint density at radius 2 is 1.53 bits per heavy atom. The van der Waals surface area contributed by atoms with Crippen LogP contribution in [0.1, 0.15) is 83.7 Å². The van der Waals surface area contributed by atoms with Gasteiger partial charge in [-0.3, -0.25) is 9.59 Å². The van der Waals surface area contributed by atoms with Crippen LogP contribution < -0.4 is 0 Å². The fourth-order valence-electron chi connectivity index (χ4n) is 5.97. The Morgan fingerprint density at radius 1 is 0.837 bits per heavy atom. The van der Waals surface area contributed by atoms with E-state index in [1.54, 1.807) is 6.08 Å². The lowest BCUT2D eigenvalue weighted by Crippen LogP contribution is -1.99. The highest BCUT2D eigenvalue weighted by atomic mass is 16.4. The molecule has 9 nitrogen and oxygen atoms in total. The van der Waals surface area contributed by atoms with E-state index in [9.17, 15) is 24.9 Å². The molecule has 0 amide bonds. The van der Waals surface area contributed by atoms with Gasteiger partial charge in [0.2, 0.25) is 0 Å². The van der Waals surface area contributed by atoms with Crippen molar-refractivity contribution in [2.24, 2.45) is 0 Å². The molecular weight excluding hydrogens is 544 g/mol. The van der Waals surface area contributed by atoms with Crippen molar-refractivity contribution >= 4 is 62.9 Å². The molecule has 0 aromatic carbocycles. The Labute approximate surface area is 249 Å². The van der Waals surface area contributed by atoms with E-state index in [1.807, 2.05) is 45.9 Å². The Hall–Kier alpha value is -4.76. The van der Waals surface area contributed by atoms with Crippen molar-refractivity contribution in [2.45, 2.75) is 59.8 Å². The normalized spacial score (nSPS) is 12.9. The quantitative estimate of drug-likeness (QED) is 0.194. The van der Waals surface area contributed by atoms with Crippen LogP contribution in [0, 0.1) is 13.8 Å². The average molecular weight is 581 g/mol. The number of aliphatic carboxylic acids is 2. The fourth-order valence-corrected chi connectivity index (χ4v) is 5.97. The maximum atomic E-state index is 11.6. The molecule has 9 heteroatoms. The molecular formula is C34H36N4O5. The second kappa shape index (κ2) is 11.9. The first-order chi connectivity index (χ1) is 20.5. The summed E-state index contributed by atoms with van der Waals surface area (Å²) >= 11 is 0. The van der Waals surface area contributed by atoms with Crippen molar-refractivity contribution < 1.29 is 24.9 Å². The van der Waals surface area contributed by atoms with Crippen molar-refractivity contribution in [1.82, 2.24) is 19.9 Å². The summed E-state index contributed by atoms with van der Waals surface area (Å²) in [4.78, 5) is 40.2. The number of aromatic amines is 2. The van der Waals surface area contributed by atoms with Crippen molar-refractivity contribution in [3.63, 3.8) is 0 Å². The van der Waals surface area contributed by atoms with E-state index in [1.165, 1.54) is 0 Å². The number of H-pyrrole nitrogens is 2. The van der Waals surface area contributed by atoms with Gasteiger partial charge in [-0.15, -0.1) is 0 Å². The molecule has 0 saturated heterocycles. The highest BCUT2D eigenvalue weighted by molar-refractivity contribution is 5.96. The third-order valence-electron chi connectivity index (χ3n) is 8.27. The zero-order valence-corrected chi connectivity index (χ0v) is 24.9. The second-order valence-corrected chi connectivity index (χ2v) is 11.1. The topological polar surface area (TPSA) is 152 Å². The first-order valence-corrected chi connectivity index (χ1v) is 14.3. The molecule has 0 fully saturated rings. The largest absolute Gasteiger partial charge is 0.481 e.